The zero-order valence-electron chi connectivity index (χ0n) is 10.1. The second-order valence-corrected chi connectivity index (χ2v) is 3.74. The minimum absolute atomic E-state index is 0.321. The van der Waals surface area contributed by atoms with Crippen molar-refractivity contribution < 1.29 is 13.9 Å². The van der Waals surface area contributed by atoms with Crippen LogP contribution in [0.25, 0.3) is 11.1 Å². The van der Waals surface area contributed by atoms with Crippen LogP contribution in [0.2, 0.25) is 0 Å². The number of fused-ring (bicyclic) bond motifs is 1. The summed E-state index contributed by atoms with van der Waals surface area (Å²) in [5, 5.41) is 2.88. The lowest BCUT2D eigenvalue weighted by atomic mass is 10.1. The molecule has 0 aliphatic rings. The molecule has 1 aromatic carbocycles. The van der Waals surface area contributed by atoms with Crippen molar-refractivity contribution in [3.8, 4) is 0 Å². The number of esters is 1. The highest BCUT2D eigenvalue weighted by molar-refractivity contribution is 5.80. The molecule has 0 fully saturated rings. The van der Waals surface area contributed by atoms with E-state index in [9.17, 15) is 9.59 Å². The first-order valence-electron chi connectivity index (χ1n) is 5.62. The van der Waals surface area contributed by atoms with Crippen molar-refractivity contribution in [1.29, 1.82) is 0 Å². The summed E-state index contributed by atoms with van der Waals surface area (Å²) >= 11 is 0. The summed E-state index contributed by atoms with van der Waals surface area (Å²) in [6, 6.07) is 4.49. The van der Waals surface area contributed by atoms with Gasteiger partial charge in [0.25, 0.3) is 0 Å². The molecule has 1 atom stereocenters. The molecular formula is C12H14N2O4. The van der Waals surface area contributed by atoms with Crippen LogP contribution in [-0.4, -0.2) is 24.6 Å². The summed E-state index contributed by atoms with van der Waals surface area (Å²) < 4.78 is 9.87. The lowest BCUT2D eigenvalue weighted by Gasteiger charge is -2.14. The van der Waals surface area contributed by atoms with Crippen LogP contribution in [0.1, 0.15) is 18.5 Å². The molecule has 6 heteroatoms. The molecule has 1 heterocycles. The number of oxazole rings is 1. The first-order chi connectivity index (χ1) is 8.65. The third-order valence-electron chi connectivity index (χ3n) is 2.59. The van der Waals surface area contributed by atoms with Crippen molar-refractivity contribution in [2.24, 2.45) is 0 Å². The van der Waals surface area contributed by atoms with Gasteiger partial charge in [-0.3, -0.25) is 4.98 Å². The number of carbonyl (C=O) groups excluding carboxylic acids is 1. The van der Waals surface area contributed by atoms with Gasteiger partial charge in [0.15, 0.2) is 5.58 Å². The molecule has 0 amide bonds. The van der Waals surface area contributed by atoms with Crippen molar-refractivity contribution in [2.45, 2.75) is 13.0 Å². The highest BCUT2D eigenvalue weighted by Crippen LogP contribution is 2.19. The summed E-state index contributed by atoms with van der Waals surface area (Å²) in [6.07, 6.45) is 0. The van der Waals surface area contributed by atoms with Gasteiger partial charge >= 0.3 is 11.7 Å². The lowest BCUT2D eigenvalue weighted by molar-refractivity contribution is -0.145. The minimum atomic E-state index is -0.562. The summed E-state index contributed by atoms with van der Waals surface area (Å²) in [4.78, 5) is 25.3. The highest BCUT2D eigenvalue weighted by Gasteiger charge is 2.20. The van der Waals surface area contributed by atoms with Crippen molar-refractivity contribution in [3.63, 3.8) is 0 Å². The van der Waals surface area contributed by atoms with E-state index in [0.717, 1.165) is 0 Å². The Kier molecular flexibility index (Phi) is 3.47. The van der Waals surface area contributed by atoms with Gasteiger partial charge in [-0.2, -0.15) is 0 Å². The minimum Gasteiger partial charge on any atom is -0.465 e. The van der Waals surface area contributed by atoms with Gasteiger partial charge in [-0.25, -0.2) is 9.59 Å². The summed E-state index contributed by atoms with van der Waals surface area (Å²) in [5.41, 5.74) is 1.73. The quantitative estimate of drug-likeness (QED) is 0.789. The smallest absolute Gasteiger partial charge is 0.417 e. The Bertz CT molecular complexity index is 614. The predicted octanol–water partition coefficient (Wildman–Crippen LogP) is 0.945. The first-order valence-corrected chi connectivity index (χ1v) is 5.62. The van der Waals surface area contributed by atoms with Crippen LogP contribution in [0.3, 0.4) is 0 Å². The van der Waals surface area contributed by atoms with Crippen molar-refractivity contribution in [3.05, 3.63) is 34.3 Å². The van der Waals surface area contributed by atoms with Gasteiger partial charge in [0.2, 0.25) is 0 Å². The van der Waals surface area contributed by atoms with Gasteiger partial charge in [0.05, 0.1) is 12.1 Å². The fraction of sp³-hybridized carbons (Fsp3) is 0.333. The van der Waals surface area contributed by atoms with E-state index in [0.29, 0.717) is 23.3 Å². The number of ether oxygens (including phenoxy) is 1. The fourth-order valence-electron chi connectivity index (χ4n) is 1.80. The topological polar surface area (TPSA) is 84.3 Å². The number of benzene rings is 1. The molecule has 0 aliphatic heterocycles. The van der Waals surface area contributed by atoms with E-state index in [1.807, 2.05) is 0 Å². The maximum atomic E-state index is 11.7. The van der Waals surface area contributed by atoms with Gasteiger partial charge in [0.1, 0.15) is 6.04 Å². The number of hydrogen-bond donors (Lipinski definition) is 2. The third kappa shape index (κ3) is 2.28. The van der Waals surface area contributed by atoms with Crippen LogP contribution in [0.4, 0.5) is 0 Å². The normalized spacial score (nSPS) is 12.6. The third-order valence-corrected chi connectivity index (χ3v) is 2.59. The van der Waals surface area contributed by atoms with Crippen molar-refractivity contribution in [2.75, 3.05) is 13.7 Å². The Morgan fingerprint density at radius 1 is 1.56 bits per heavy atom. The SMILES string of the molecule is CCOC(=O)C(NC)c1ccc2oc(=O)[nH]c2c1. The average Bonchev–Trinajstić information content (AvgIpc) is 2.69. The number of aromatic nitrogens is 1. The van der Waals surface area contributed by atoms with Gasteiger partial charge in [-0.05, 0) is 31.7 Å². The molecular weight excluding hydrogens is 236 g/mol. The molecule has 1 unspecified atom stereocenters. The Hall–Kier alpha value is -2.08. The van der Waals surface area contributed by atoms with Crippen LogP contribution < -0.4 is 11.1 Å². The van der Waals surface area contributed by atoms with Crippen LogP contribution >= 0.6 is 0 Å². The fourth-order valence-corrected chi connectivity index (χ4v) is 1.80. The average molecular weight is 250 g/mol. The number of hydrogen-bond acceptors (Lipinski definition) is 5. The monoisotopic (exact) mass is 250 g/mol. The Labute approximate surface area is 103 Å². The second kappa shape index (κ2) is 5.05. The molecule has 0 radical (unpaired) electrons. The summed E-state index contributed by atoms with van der Waals surface area (Å²) in [7, 11) is 1.67. The molecule has 2 aromatic rings. The zero-order chi connectivity index (χ0) is 13.1. The molecule has 0 saturated heterocycles. The van der Waals surface area contributed by atoms with Crippen molar-refractivity contribution in [1.82, 2.24) is 10.3 Å². The van der Waals surface area contributed by atoms with E-state index in [-0.39, 0.29) is 5.97 Å². The van der Waals surface area contributed by atoms with Crippen LogP contribution in [0.5, 0.6) is 0 Å². The number of aromatic amines is 1. The lowest BCUT2D eigenvalue weighted by Crippen LogP contribution is -2.27. The molecule has 18 heavy (non-hydrogen) atoms. The molecule has 6 nitrogen and oxygen atoms in total. The Balaban J connectivity index is 2.38. The Morgan fingerprint density at radius 3 is 3.00 bits per heavy atom. The van der Waals surface area contributed by atoms with E-state index < -0.39 is 11.8 Å². The number of likely N-dealkylation sites (N-methyl/N-ethyl adjacent to an activating group) is 1. The molecule has 2 N–H and O–H groups in total. The van der Waals surface area contributed by atoms with Gasteiger partial charge in [0, 0.05) is 0 Å². The van der Waals surface area contributed by atoms with Gasteiger partial charge < -0.3 is 14.5 Å². The van der Waals surface area contributed by atoms with Crippen LogP contribution in [-0.2, 0) is 9.53 Å². The second-order valence-electron chi connectivity index (χ2n) is 3.74. The largest absolute Gasteiger partial charge is 0.465 e. The molecule has 2 rings (SSSR count). The molecule has 0 spiro atoms. The first kappa shape index (κ1) is 12.4. The van der Waals surface area contributed by atoms with Crippen LogP contribution in [0.15, 0.2) is 27.4 Å². The van der Waals surface area contributed by atoms with E-state index in [1.165, 1.54) is 0 Å². The van der Waals surface area contributed by atoms with Gasteiger partial charge in [-0.15, -0.1) is 0 Å². The molecule has 0 aliphatic carbocycles. The molecule has 0 bridgehead atoms. The number of H-pyrrole nitrogens is 1. The van der Waals surface area contributed by atoms with Crippen LogP contribution in [0, 0.1) is 0 Å². The summed E-state index contributed by atoms with van der Waals surface area (Å²) in [5.74, 6) is -0.871. The molecule has 1 aromatic heterocycles. The predicted molar refractivity (Wildman–Crippen MR) is 65.3 cm³/mol. The maximum absolute atomic E-state index is 11.7. The molecule has 96 valence electrons. The number of nitrogens with one attached hydrogen (secondary N) is 2. The standard InChI is InChI=1S/C12H14N2O4/c1-3-17-11(15)10(13-2)7-4-5-9-8(6-7)14-12(16)18-9/h4-6,10,13H,3H2,1-2H3,(H,14,16). The number of carbonyl (C=O) groups is 1. The van der Waals surface area contributed by atoms with E-state index in [4.69, 9.17) is 9.15 Å². The van der Waals surface area contributed by atoms with E-state index in [1.54, 1.807) is 32.2 Å². The number of rotatable bonds is 4. The zero-order valence-corrected chi connectivity index (χ0v) is 10.1. The Morgan fingerprint density at radius 2 is 2.33 bits per heavy atom. The van der Waals surface area contributed by atoms with Crippen molar-refractivity contribution >= 4 is 17.1 Å². The summed E-state index contributed by atoms with van der Waals surface area (Å²) in [6.45, 7) is 2.07. The highest BCUT2D eigenvalue weighted by atomic mass is 16.5. The van der Waals surface area contributed by atoms with E-state index in [2.05, 4.69) is 10.3 Å². The van der Waals surface area contributed by atoms with Gasteiger partial charge in [-0.1, -0.05) is 6.07 Å². The molecule has 0 saturated carbocycles. The maximum Gasteiger partial charge on any atom is 0.417 e. The van der Waals surface area contributed by atoms with E-state index >= 15 is 0 Å².